The summed E-state index contributed by atoms with van der Waals surface area (Å²) in [5.74, 6) is 4.03. The van der Waals surface area contributed by atoms with Crippen LogP contribution in [-0.2, 0) is 4.79 Å². The lowest BCUT2D eigenvalue weighted by molar-refractivity contribution is -0.121. The highest BCUT2D eigenvalue weighted by Gasteiger charge is 2.23. The summed E-state index contributed by atoms with van der Waals surface area (Å²) < 4.78 is 5.43. The molecule has 2 N–H and O–H groups in total. The van der Waals surface area contributed by atoms with Crippen LogP contribution in [0.4, 0.5) is 0 Å². The highest BCUT2D eigenvalue weighted by Crippen LogP contribution is 2.29. The van der Waals surface area contributed by atoms with E-state index >= 15 is 0 Å². The van der Waals surface area contributed by atoms with Crippen LogP contribution in [-0.4, -0.2) is 63.4 Å². The monoisotopic (exact) mass is 534 g/mol. The Kier molecular flexibility index (Phi) is 12.4. The zero-order chi connectivity index (χ0) is 20.4. The molecule has 164 valence electrons. The number of guanidine groups is 1. The minimum Gasteiger partial charge on any atom is -0.496 e. The lowest BCUT2D eigenvalue weighted by Crippen LogP contribution is -2.47. The van der Waals surface area contributed by atoms with Crippen molar-refractivity contribution in [1.82, 2.24) is 15.5 Å². The van der Waals surface area contributed by atoms with Crippen molar-refractivity contribution in [2.24, 2.45) is 16.8 Å². The molecule has 1 amide bonds. The fourth-order valence-corrected chi connectivity index (χ4v) is 4.39. The summed E-state index contributed by atoms with van der Waals surface area (Å²) in [5, 5.41) is 6.25. The van der Waals surface area contributed by atoms with Gasteiger partial charge in [-0.05, 0) is 36.8 Å². The number of likely N-dealkylation sites (tertiary alicyclic amines) is 1. The molecule has 1 aliphatic rings. The van der Waals surface area contributed by atoms with Gasteiger partial charge in [-0.3, -0.25) is 9.79 Å². The molecular formula is C21H35IN4O2S. The van der Waals surface area contributed by atoms with Gasteiger partial charge >= 0.3 is 0 Å². The minimum absolute atomic E-state index is 0. The molecule has 1 aromatic rings. The number of carbonyl (C=O) groups excluding carboxylic acids is 1. The third-order valence-electron chi connectivity index (χ3n) is 5.08. The molecule has 2 rings (SSSR count). The number of carbonyl (C=O) groups is 1. The predicted molar refractivity (Wildman–Crippen MR) is 133 cm³/mol. The summed E-state index contributed by atoms with van der Waals surface area (Å²) in [5.41, 5.74) is 0. The van der Waals surface area contributed by atoms with Crippen LogP contribution in [0.15, 0.2) is 34.2 Å². The van der Waals surface area contributed by atoms with E-state index in [1.807, 2.05) is 37.0 Å². The van der Waals surface area contributed by atoms with Crippen LogP contribution in [0.2, 0.25) is 0 Å². The van der Waals surface area contributed by atoms with E-state index in [9.17, 15) is 4.79 Å². The summed E-state index contributed by atoms with van der Waals surface area (Å²) in [7, 11) is 5.26. The third kappa shape index (κ3) is 8.62. The molecule has 1 heterocycles. The van der Waals surface area contributed by atoms with Crippen LogP contribution in [0.3, 0.4) is 0 Å². The van der Waals surface area contributed by atoms with Crippen molar-refractivity contribution < 1.29 is 9.53 Å². The Morgan fingerprint density at radius 3 is 2.66 bits per heavy atom. The number of aliphatic imine (C=N–C) groups is 1. The van der Waals surface area contributed by atoms with Gasteiger partial charge in [0.05, 0.1) is 7.11 Å². The first kappa shape index (κ1) is 25.9. The molecule has 29 heavy (non-hydrogen) atoms. The Morgan fingerprint density at radius 1 is 1.34 bits per heavy atom. The van der Waals surface area contributed by atoms with Gasteiger partial charge in [-0.25, -0.2) is 0 Å². The lowest BCUT2D eigenvalue weighted by Gasteiger charge is -2.34. The van der Waals surface area contributed by atoms with Gasteiger partial charge in [-0.1, -0.05) is 19.1 Å². The van der Waals surface area contributed by atoms with E-state index in [-0.39, 0.29) is 29.9 Å². The van der Waals surface area contributed by atoms with Gasteiger partial charge in [0.2, 0.25) is 5.91 Å². The number of ether oxygens (including phenoxy) is 1. The second-order valence-electron chi connectivity index (χ2n) is 7.30. The molecule has 1 fully saturated rings. The first-order valence-electron chi connectivity index (χ1n) is 9.99. The number of halogens is 1. The molecule has 1 unspecified atom stereocenters. The molecule has 6 nitrogen and oxygen atoms in total. The number of piperidine rings is 1. The number of hydrogen-bond acceptors (Lipinski definition) is 4. The highest BCUT2D eigenvalue weighted by molar-refractivity contribution is 14.0. The normalized spacial score (nSPS) is 16.0. The van der Waals surface area contributed by atoms with Crippen molar-refractivity contribution >= 4 is 47.6 Å². The molecule has 1 aliphatic heterocycles. The maximum absolute atomic E-state index is 11.6. The maximum atomic E-state index is 11.6. The second kappa shape index (κ2) is 14.0. The van der Waals surface area contributed by atoms with Gasteiger partial charge in [0, 0.05) is 50.8 Å². The quantitative estimate of drug-likeness (QED) is 0.232. The van der Waals surface area contributed by atoms with Crippen molar-refractivity contribution in [3.63, 3.8) is 0 Å². The zero-order valence-corrected chi connectivity index (χ0v) is 21.1. The van der Waals surface area contributed by atoms with Crippen LogP contribution in [0.25, 0.3) is 0 Å². The zero-order valence-electron chi connectivity index (χ0n) is 17.9. The average molecular weight is 535 g/mol. The smallest absolute Gasteiger partial charge is 0.220 e. The Morgan fingerprint density at radius 2 is 2.03 bits per heavy atom. The summed E-state index contributed by atoms with van der Waals surface area (Å²) in [4.78, 5) is 19.5. The van der Waals surface area contributed by atoms with Gasteiger partial charge in [-0.2, -0.15) is 0 Å². The Hall–Kier alpha value is -1.16. The van der Waals surface area contributed by atoms with Crippen molar-refractivity contribution in [3.8, 4) is 5.75 Å². The number of para-hydroxylation sites is 1. The van der Waals surface area contributed by atoms with Crippen LogP contribution in [0.5, 0.6) is 5.75 Å². The fourth-order valence-electron chi connectivity index (χ4n) is 3.34. The molecule has 0 bridgehead atoms. The lowest BCUT2D eigenvalue weighted by atomic mass is 9.93. The van der Waals surface area contributed by atoms with Gasteiger partial charge in [-0.15, -0.1) is 35.7 Å². The number of nitrogens with one attached hydrogen (secondary N) is 2. The number of amides is 1. The summed E-state index contributed by atoms with van der Waals surface area (Å²) >= 11 is 1.83. The van der Waals surface area contributed by atoms with Crippen molar-refractivity contribution in [3.05, 3.63) is 24.3 Å². The molecule has 1 aromatic carbocycles. The molecule has 0 aliphatic carbocycles. The standard InChI is InChI=1S/C21H34N4O2S.HI/c1-16(15-28-19-8-6-5-7-18(19)27-4)14-24-21(23-3)25-11-9-17(10-12-25)13-20(26)22-2;/h5-8,16-17H,9-15H2,1-4H3,(H,22,26)(H,23,24);1H. The van der Waals surface area contributed by atoms with E-state index < -0.39 is 0 Å². The van der Waals surface area contributed by atoms with Crippen LogP contribution in [0.1, 0.15) is 26.2 Å². The van der Waals surface area contributed by atoms with Crippen LogP contribution in [0, 0.1) is 11.8 Å². The first-order chi connectivity index (χ1) is 13.6. The van der Waals surface area contributed by atoms with Gasteiger partial charge < -0.3 is 20.3 Å². The van der Waals surface area contributed by atoms with E-state index in [2.05, 4.69) is 33.5 Å². The van der Waals surface area contributed by atoms with E-state index in [0.717, 1.165) is 49.9 Å². The van der Waals surface area contributed by atoms with Crippen LogP contribution >= 0.6 is 35.7 Å². The predicted octanol–water partition coefficient (Wildman–Crippen LogP) is 3.46. The summed E-state index contributed by atoms with van der Waals surface area (Å²) in [6.07, 6.45) is 2.70. The summed E-state index contributed by atoms with van der Waals surface area (Å²) in [6, 6.07) is 8.14. The second-order valence-corrected chi connectivity index (χ2v) is 8.36. The molecule has 0 spiro atoms. The number of methoxy groups -OCH3 is 1. The Labute approximate surface area is 196 Å². The molecule has 0 aromatic heterocycles. The van der Waals surface area contributed by atoms with E-state index in [1.54, 1.807) is 14.2 Å². The molecule has 0 saturated carbocycles. The SMILES string of the molecule is CN=C(NCC(C)CSc1ccccc1OC)N1CCC(CC(=O)NC)CC1.I. The van der Waals surface area contributed by atoms with Gasteiger partial charge in [0.15, 0.2) is 5.96 Å². The number of benzene rings is 1. The average Bonchev–Trinajstić information content (AvgIpc) is 2.73. The van der Waals surface area contributed by atoms with E-state index in [0.29, 0.717) is 18.3 Å². The van der Waals surface area contributed by atoms with Crippen LogP contribution < -0.4 is 15.4 Å². The van der Waals surface area contributed by atoms with Crippen molar-refractivity contribution in [2.75, 3.05) is 46.6 Å². The fraction of sp³-hybridized carbons (Fsp3) is 0.619. The maximum Gasteiger partial charge on any atom is 0.220 e. The Bertz CT molecular complexity index is 651. The first-order valence-corrected chi connectivity index (χ1v) is 11.0. The van der Waals surface area contributed by atoms with E-state index in [1.165, 1.54) is 4.90 Å². The molecular weight excluding hydrogens is 499 g/mol. The Balaban J connectivity index is 0.00000420. The number of nitrogens with zero attached hydrogens (tertiary/aromatic N) is 2. The molecule has 1 saturated heterocycles. The summed E-state index contributed by atoms with van der Waals surface area (Å²) in [6.45, 7) is 5.03. The van der Waals surface area contributed by atoms with Gasteiger partial charge in [0.1, 0.15) is 5.75 Å². The van der Waals surface area contributed by atoms with Crippen molar-refractivity contribution in [1.29, 1.82) is 0 Å². The van der Waals surface area contributed by atoms with Crippen molar-refractivity contribution in [2.45, 2.75) is 31.1 Å². The molecule has 0 radical (unpaired) electrons. The highest BCUT2D eigenvalue weighted by atomic mass is 127. The molecule has 1 atom stereocenters. The van der Waals surface area contributed by atoms with Gasteiger partial charge in [0.25, 0.3) is 0 Å². The van der Waals surface area contributed by atoms with E-state index in [4.69, 9.17) is 4.74 Å². The largest absolute Gasteiger partial charge is 0.496 e. The molecule has 8 heteroatoms. The number of thioether (sulfide) groups is 1. The third-order valence-corrected chi connectivity index (χ3v) is 6.46. The topological polar surface area (TPSA) is 66.0 Å². The number of rotatable bonds is 8. The number of hydrogen-bond donors (Lipinski definition) is 2. The minimum atomic E-state index is 0.